The van der Waals surface area contributed by atoms with Crippen LogP contribution in [0.25, 0.3) is 10.9 Å². The largest absolute Gasteiger partial charge is 0.497 e. The number of hydrogen-bond donors (Lipinski definition) is 1. The van der Waals surface area contributed by atoms with Crippen LogP contribution in [0.5, 0.6) is 11.5 Å². The average molecular weight is 532 g/mol. The van der Waals surface area contributed by atoms with Gasteiger partial charge in [-0.1, -0.05) is 12.1 Å². The van der Waals surface area contributed by atoms with Crippen molar-refractivity contribution < 1.29 is 14.2 Å². The number of methoxy groups -OCH3 is 2. The molecule has 11 nitrogen and oxygen atoms in total. The van der Waals surface area contributed by atoms with E-state index in [1.807, 2.05) is 47.1 Å². The molecule has 0 radical (unpaired) electrons. The fourth-order valence-corrected chi connectivity index (χ4v) is 5.66. The molecule has 4 aromatic rings. The van der Waals surface area contributed by atoms with Gasteiger partial charge in [-0.15, -0.1) is 5.10 Å². The molecule has 0 aliphatic carbocycles. The SMILES string of the molecule is COc1ccc2[nH]c(=O)c([C@H](c3nnnn3C[C@@H]3CCCO3)N3CCN(c4ccccc4OC)CC3)cc2c1. The Morgan fingerprint density at radius 2 is 1.92 bits per heavy atom. The van der Waals surface area contributed by atoms with Crippen molar-refractivity contribution in [3.63, 3.8) is 0 Å². The molecule has 2 aromatic heterocycles. The number of nitrogens with one attached hydrogen (secondary N) is 1. The number of rotatable bonds is 8. The molecular weight excluding hydrogens is 498 g/mol. The molecule has 2 aliphatic heterocycles. The van der Waals surface area contributed by atoms with E-state index in [1.165, 1.54) is 0 Å². The predicted molar refractivity (Wildman–Crippen MR) is 147 cm³/mol. The van der Waals surface area contributed by atoms with Gasteiger partial charge in [0.1, 0.15) is 17.5 Å². The van der Waals surface area contributed by atoms with Crippen LogP contribution in [0.15, 0.2) is 53.3 Å². The van der Waals surface area contributed by atoms with Crippen molar-refractivity contribution in [2.75, 3.05) is 51.9 Å². The number of nitrogens with zero attached hydrogens (tertiary/aromatic N) is 6. The van der Waals surface area contributed by atoms with Crippen LogP contribution in [0.1, 0.15) is 30.3 Å². The number of benzene rings is 2. The van der Waals surface area contributed by atoms with Gasteiger partial charge in [0.25, 0.3) is 5.56 Å². The van der Waals surface area contributed by atoms with Gasteiger partial charge in [-0.25, -0.2) is 4.68 Å². The lowest BCUT2D eigenvalue weighted by molar-refractivity contribution is 0.0906. The highest BCUT2D eigenvalue weighted by molar-refractivity contribution is 5.80. The van der Waals surface area contributed by atoms with Gasteiger partial charge in [-0.3, -0.25) is 9.69 Å². The van der Waals surface area contributed by atoms with Crippen molar-refractivity contribution in [3.05, 3.63) is 70.3 Å². The minimum Gasteiger partial charge on any atom is -0.497 e. The van der Waals surface area contributed by atoms with E-state index >= 15 is 0 Å². The molecular formula is C28H33N7O4. The lowest BCUT2D eigenvalue weighted by Gasteiger charge is -2.40. The number of para-hydroxylation sites is 2. The zero-order valence-corrected chi connectivity index (χ0v) is 22.2. The maximum atomic E-state index is 13.5. The molecule has 2 saturated heterocycles. The fourth-order valence-electron chi connectivity index (χ4n) is 5.66. The average Bonchev–Trinajstić information content (AvgIpc) is 3.66. The van der Waals surface area contributed by atoms with Crippen molar-refractivity contribution in [2.45, 2.75) is 31.5 Å². The van der Waals surface area contributed by atoms with Gasteiger partial charge in [-0.2, -0.15) is 0 Å². The molecule has 2 fully saturated rings. The van der Waals surface area contributed by atoms with Crippen LogP contribution in [0, 0.1) is 0 Å². The summed E-state index contributed by atoms with van der Waals surface area (Å²) in [4.78, 5) is 21.2. The Hall–Kier alpha value is -3.96. The van der Waals surface area contributed by atoms with Crippen molar-refractivity contribution in [3.8, 4) is 11.5 Å². The van der Waals surface area contributed by atoms with Crippen LogP contribution < -0.4 is 19.9 Å². The van der Waals surface area contributed by atoms with Gasteiger partial charge in [0, 0.05) is 49.3 Å². The normalized spacial score (nSPS) is 18.9. The molecule has 0 amide bonds. The number of ether oxygens (including phenoxy) is 3. The van der Waals surface area contributed by atoms with Gasteiger partial charge >= 0.3 is 0 Å². The summed E-state index contributed by atoms with van der Waals surface area (Å²) in [5, 5.41) is 13.7. The molecule has 39 heavy (non-hydrogen) atoms. The van der Waals surface area contributed by atoms with E-state index in [1.54, 1.807) is 14.2 Å². The molecule has 4 heterocycles. The summed E-state index contributed by atoms with van der Waals surface area (Å²) in [6, 6.07) is 15.2. The van der Waals surface area contributed by atoms with Gasteiger partial charge < -0.3 is 24.1 Å². The molecule has 0 spiro atoms. The lowest BCUT2D eigenvalue weighted by atomic mass is 10.0. The third kappa shape index (κ3) is 5.07. The standard InChI is InChI=1S/C28H33N7O4/c1-37-20-9-10-23-19(16-20)17-22(28(36)29-23)26(27-30-31-32-35(27)18-21-6-5-15-39-21)34-13-11-33(12-14-34)24-7-3-4-8-25(24)38-2/h3-4,7-10,16-17,21,26H,5-6,11-15,18H2,1-2H3,(H,29,36)/t21-,26+/m0/s1. The number of pyridine rings is 1. The Bertz CT molecular complexity index is 1490. The monoisotopic (exact) mass is 531 g/mol. The summed E-state index contributed by atoms with van der Waals surface area (Å²) in [6.45, 7) is 4.27. The van der Waals surface area contributed by atoms with Crippen LogP contribution >= 0.6 is 0 Å². The topological polar surface area (TPSA) is 111 Å². The molecule has 204 valence electrons. The van der Waals surface area contributed by atoms with Crippen molar-refractivity contribution >= 4 is 16.6 Å². The Morgan fingerprint density at radius 1 is 1.08 bits per heavy atom. The highest BCUT2D eigenvalue weighted by Gasteiger charge is 2.34. The first-order chi connectivity index (χ1) is 19.1. The minimum absolute atomic E-state index is 0.0643. The summed E-state index contributed by atoms with van der Waals surface area (Å²) in [5.41, 5.74) is 2.26. The van der Waals surface area contributed by atoms with E-state index in [4.69, 9.17) is 14.2 Å². The Morgan fingerprint density at radius 3 is 2.69 bits per heavy atom. The van der Waals surface area contributed by atoms with Crippen LogP contribution in [-0.4, -0.2) is 83.2 Å². The number of piperazine rings is 1. The van der Waals surface area contributed by atoms with Gasteiger partial charge in [-0.05, 0) is 59.7 Å². The lowest BCUT2D eigenvalue weighted by Crippen LogP contribution is -2.49. The zero-order valence-electron chi connectivity index (χ0n) is 22.2. The van der Waals surface area contributed by atoms with Crippen LogP contribution in [-0.2, 0) is 11.3 Å². The summed E-state index contributed by atoms with van der Waals surface area (Å²) < 4.78 is 18.7. The number of fused-ring (bicyclic) bond motifs is 1. The summed E-state index contributed by atoms with van der Waals surface area (Å²) >= 11 is 0. The number of anilines is 1. The molecule has 0 saturated carbocycles. The van der Waals surface area contributed by atoms with Gasteiger partial charge in [0.05, 0.1) is 32.6 Å². The van der Waals surface area contributed by atoms with Crippen LogP contribution in [0.4, 0.5) is 5.69 Å². The minimum atomic E-state index is -0.430. The van der Waals surface area contributed by atoms with Crippen molar-refractivity contribution in [1.29, 1.82) is 0 Å². The zero-order chi connectivity index (χ0) is 26.8. The van der Waals surface area contributed by atoms with Crippen LogP contribution in [0.3, 0.4) is 0 Å². The molecule has 0 unspecified atom stereocenters. The summed E-state index contributed by atoms with van der Waals surface area (Å²) in [6.07, 6.45) is 2.06. The number of tetrazole rings is 1. The number of H-pyrrole nitrogens is 1. The molecule has 6 rings (SSSR count). The Labute approximate surface area is 226 Å². The maximum absolute atomic E-state index is 13.5. The quantitative estimate of drug-likeness (QED) is 0.367. The first-order valence-electron chi connectivity index (χ1n) is 13.3. The Kier molecular flexibility index (Phi) is 7.16. The van der Waals surface area contributed by atoms with E-state index in [-0.39, 0.29) is 11.7 Å². The molecule has 11 heteroatoms. The highest BCUT2D eigenvalue weighted by Crippen LogP contribution is 2.32. The predicted octanol–water partition coefficient (Wildman–Crippen LogP) is 2.62. The Balaban J connectivity index is 1.37. The second kappa shape index (κ2) is 11.0. The van der Waals surface area contributed by atoms with E-state index in [0.717, 1.165) is 60.6 Å². The molecule has 0 bridgehead atoms. The van der Waals surface area contributed by atoms with Gasteiger partial charge in [0.15, 0.2) is 5.82 Å². The number of aromatic amines is 1. The highest BCUT2D eigenvalue weighted by atomic mass is 16.5. The van der Waals surface area contributed by atoms with Crippen molar-refractivity contribution in [2.24, 2.45) is 0 Å². The second-order valence-electron chi connectivity index (χ2n) is 9.96. The smallest absolute Gasteiger partial charge is 0.253 e. The third-order valence-electron chi connectivity index (χ3n) is 7.68. The van der Waals surface area contributed by atoms with Gasteiger partial charge in [0.2, 0.25) is 0 Å². The number of hydrogen-bond acceptors (Lipinski definition) is 9. The van der Waals surface area contributed by atoms with Crippen LogP contribution in [0.2, 0.25) is 0 Å². The maximum Gasteiger partial charge on any atom is 0.253 e. The second-order valence-corrected chi connectivity index (χ2v) is 9.96. The summed E-state index contributed by atoms with van der Waals surface area (Å²) in [7, 11) is 3.33. The van der Waals surface area contributed by atoms with E-state index < -0.39 is 6.04 Å². The van der Waals surface area contributed by atoms with Crippen molar-refractivity contribution in [1.82, 2.24) is 30.1 Å². The molecule has 2 aromatic carbocycles. The van der Waals surface area contributed by atoms with E-state index in [0.29, 0.717) is 31.0 Å². The molecule has 2 aliphatic rings. The van der Waals surface area contributed by atoms with E-state index in [9.17, 15) is 4.79 Å². The first kappa shape index (κ1) is 25.3. The fraction of sp³-hybridized carbons (Fsp3) is 0.429. The molecule has 2 atom stereocenters. The third-order valence-corrected chi connectivity index (χ3v) is 7.68. The molecule has 1 N–H and O–H groups in total. The number of aromatic nitrogens is 5. The van der Waals surface area contributed by atoms with E-state index in [2.05, 4.69) is 36.4 Å². The first-order valence-corrected chi connectivity index (χ1v) is 13.3. The summed E-state index contributed by atoms with van der Waals surface area (Å²) in [5.74, 6) is 2.22.